The molecule has 0 aliphatic carbocycles. The van der Waals surface area contributed by atoms with Crippen LogP contribution in [0.1, 0.15) is 11.1 Å². The first kappa shape index (κ1) is 20.0. The number of hydrogen-bond acceptors (Lipinski definition) is 4. The Bertz CT molecular complexity index is 972. The molecule has 1 amide bonds. The molecule has 142 valence electrons. The first-order valence-electron chi connectivity index (χ1n) is 8.68. The van der Waals surface area contributed by atoms with Crippen LogP contribution in [0, 0.1) is 5.41 Å². The van der Waals surface area contributed by atoms with Gasteiger partial charge in [0.2, 0.25) is 0 Å². The predicted molar refractivity (Wildman–Crippen MR) is 119 cm³/mol. The highest BCUT2D eigenvalue weighted by Crippen LogP contribution is 2.20. The molecule has 0 radical (unpaired) electrons. The zero-order valence-corrected chi connectivity index (χ0v) is 16.9. The van der Waals surface area contributed by atoms with Gasteiger partial charge in [0.05, 0.1) is 0 Å². The fraction of sp³-hybridized carbons (Fsp3) is 0.0909. The van der Waals surface area contributed by atoms with E-state index >= 15 is 0 Å². The van der Waals surface area contributed by atoms with Gasteiger partial charge in [-0.25, -0.2) is 0 Å². The van der Waals surface area contributed by atoms with Gasteiger partial charge in [-0.3, -0.25) is 10.2 Å². The van der Waals surface area contributed by atoms with E-state index in [1.165, 1.54) is 4.90 Å². The minimum Gasteiger partial charge on any atom is -0.380 e. The van der Waals surface area contributed by atoms with E-state index in [0.29, 0.717) is 22.8 Å². The van der Waals surface area contributed by atoms with E-state index in [4.69, 9.17) is 17.0 Å². The van der Waals surface area contributed by atoms with Gasteiger partial charge in [-0.15, -0.1) is 11.8 Å². The smallest absolute Gasteiger partial charge is 0.274 e. The van der Waals surface area contributed by atoms with Crippen molar-refractivity contribution in [3.63, 3.8) is 0 Å². The lowest BCUT2D eigenvalue weighted by Gasteiger charge is -2.13. The van der Waals surface area contributed by atoms with Crippen molar-refractivity contribution in [3.05, 3.63) is 88.9 Å². The molecule has 6 heteroatoms. The second-order valence-electron chi connectivity index (χ2n) is 6.08. The maximum Gasteiger partial charge on any atom is 0.274 e. The van der Waals surface area contributed by atoms with Crippen LogP contribution >= 0.6 is 23.4 Å². The predicted octanol–water partition coefficient (Wildman–Crippen LogP) is 5.68. The van der Waals surface area contributed by atoms with Gasteiger partial charge in [0.25, 0.3) is 5.91 Å². The molecule has 0 unspecified atom stereocenters. The number of thioether (sulfide) groups is 1. The molecule has 0 aromatic heterocycles. The molecule has 0 heterocycles. The third-order valence-corrected chi connectivity index (χ3v) is 5.16. The second-order valence-corrected chi connectivity index (χ2v) is 7.40. The van der Waals surface area contributed by atoms with E-state index in [-0.39, 0.29) is 5.71 Å². The fourth-order valence-electron chi connectivity index (χ4n) is 2.65. The van der Waals surface area contributed by atoms with Gasteiger partial charge in [0.15, 0.2) is 0 Å². The van der Waals surface area contributed by atoms with E-state index < -0.39 is 5.91 Å². The van der Waals surface area contributed by atoms with Crippen molar-refractivity contribution in [1.29, 1.82) is 5.41 Å². The highest BCUT2D eigenvalue weighted by Gasteiger charge is 2.15. The average molecular weight is 410 g/mol. The Balaban J connectivity index is 1.70. The minimum atomic E-state index is -0.471. The van der Waals surface area contributed by atoms with Crippen molar-refractivity contribution in [3.8, 4) is 0 Å². The molecular formula is C22H20ClN3OS. The lowest BCUT2D eigenvalue weighted by molar-refractivity contribution is -0.110. The number of carbonyl (C=O) groups excluding carboxylic acids is 1. The Kier molecular flexibility index (Phi) is 6.74. The molecule has 28 heavy (non-hydrogen) atoms. The first-order valence-corrected chi connectivity index (χ1v) is 10.3. The third-order valence-electron chi connectivity index (χ3n) is 4.17. The summed E-state index contributed by atoms with van der Waals surface area (Å²) in [6.45, 7) is 0.609. The lowest BCUT2D eigenvalue weighted by Crippen LogP contribution is -2.24. The molecule has 0 saturated carbocycles. The zero-order valence-electron chi connectivity index (χ0n) is 15.3. The Morgan fingerprint density at radius 1 is 1.00 bits per heavy atom. The van der Waals surface area contributed by atoms with Crippen molar-refractivity contribution in [2.24, 2.45) is 0 Å². The van der Waals surface area contributed by atoms with Crippen LogP contribution in [0.4, 0.5) is 11.4 Å². The normalized spacial score (nSPS) is 10.4. The number of carbonyl (C=O) groups is 1. The summed E-state index contributed by atoms with van der Waals surface area (Å²) in [7, 11) is 0. The van der Waals surface area contributed by atoms with Crippen molar-refractivity contribution in [2.75, 3.05) is 16.9 Å². The molecule has 0 atom stereocenters. The minimum absolute atomic E-state index is 0.101. The standard InChI is InChI=1S/C22H20ClN3OS/c1-28-18-12-6-15(7-13-18)14-25-20-5-3-2-4-19(20)21(24)22(27)26-17-10-8-16(23)9-11-17/h2-13,24-25H,14H2,1H3,(H,26,27). The Labute approximate surface area is 173 Å². The summed E-state index contributed by atoms with van der Waals surface area (Å²) in [5, 5.41) is 15.0. The molecule has 0 aliphatic rings. The van der Waals surface area contributed by atoms with Gasteiger partial charge in [0, 0.05) is 33.4 Å². The number of para-hydroxylation sites is 1. The van der Waals surface area contributed by atoms with E-state index in [0.717, 1.165) is 11.3 Å². The van der Waals surface area contributed by atoms with Crippen LogP contribution in [0.2, 0.25) is 5.02 Å². The molecule has 3 aromatic rings. The molecule has 0 bridgehead atoms. The van der Waals surface area contributed by atoms with Crippen LogP contribution in [0.5, 0.6) is 0 Å². The quantitative estimate of drug-likeness (QED) is 0.347. The lowest BCUT2D eigenvalue weighted by atomic mass is 10.1. The Hall–Kier alpha value is -2.76. The number of nitrogens with one attached hydrogen (secondary N) is 3. The molecule has 0 fully saturated rings. The van der Waals surface area contributed by atoms with Gasteiger partial charge >= 0.3 is 0 Å². The van der Waals surface area contributed by atoms with Crippen LogP contribution < -0.4 is 10.6 Å². The number of rotatable bonds is 7. The van der Waals surface area contributed by atoms with E-state index in [1.54, 1.807) is 42.1 Å². The highest BCUT2D eigenvalue weighted by molar-refractivity contribution is 7.98. The molecule has 3 aromatic carbocycles. The summed E-state index contributed by atoms with van der Waals surface area (Å²) in [6.07, 6.45) is 2.05. The number of halogens is 1. The molecule has 0 aliphatic heterocycles. The number of anilines is 2. The van der Waals surface area contributed by atoms with Crippen LogP contribution in [0.25, 0.3) is 0 Å². The molecule has 0 spiro atoms. The summed E-state index contributed by atoms with van der Waals surface area (Å²) in [5.74, 6) is -0.471. The van der Waals surface area contributed by atoms with Gasteiger partial charge in [-0.05, 0) is 54.3 Å². The molecule has 4 nitrogen and oxygen atoms in total. The van der Waals surface area contributed by atoms with Crippen LogP contribution in [0.3, 0.4) is 0 Å². The maximum atomic E-state index is 12.5. The summed E-state index contributed by atoms with van der Waals surface area (Å²) in [5.41, 5.74) is 2.92. The van der Waals surface area contributed by atoms with Crippen molar-refractivity contribution < 1.29 is 4.79 Å². The molecule has 0 saturated heterocycles. The SMILES string of the molecule is CSc1ccc(CNc2ccccc2C(=N)C(=O)Nc2ccc(Cl)cc2)cc1. The Morgan fingerprint density at radius 2 is 1.68 bits per heavy atom. The highest BCUT2D eigenvalue weighted by atomic mass is 35.5. The second kappa shape index (κ2) is 9.44. The first-order chi connectivity index (χ1) is 13.6. The number of amides is 1. The van der Waals surface area contributed by atoms with Crippen molar-refractivity contribution in [2.45, 2.75) is 11.4 Å². The van der Waals surface area contributed by atoms with Gasteiger partial charge in [0.1, 0.15) is 5.71 Å². The summed E-state index contributed by atoms with van der Waals surface area (Å²) in [4.78, 5) is 13.7. The number of hydrogen-bond donors (Lipinski definition) is 3. The summed E-state index contributed by atoms with van der Waals surface area (Å²) in [6, 6.07) is 22.4. The summed E-state index contributed by atoms with van der Waals surface area (Å²) >= 11 is 7.57. The summed E-state index contributed by atoms with van der Waals surface area (Å²) < 4.78 is 0. The van der Waals surface area contributed by atoms with Gasteiger partial charge < -0.3 is 10.6 Å². The molecule has 3 rings (SSSR count). The van der Waals surface area contributed by atoms with Crippen LogP contribution in [0.15, 0.2) is 77.7 Å². The third kappa shape index (κ3) is 5.15. The largest absolute Gasteiger partial charge is 0.380 e. The van der Waals surface area contributed by atoms with Crippen LogP contribution in [-0.2, 0) is 11.3 Å². The van der Waals surface area contributed by atoms with E-state index in [2.05, 4.69) is 34.9 Å². The molecule has 3 N–H and O–H groups in total. The van der Waals surface area contributed by atoms with Crippen molar-refractivity contribution >= 4 is 46.4 Å². The number of benzene rings is 3. The Morgan fingerprint density at radius 3 is 2.36 bits per heavy atom. The topological polar surface area (TPSA) is 65.0 Å². The zero-order chi connectivity index (χ0) is 19.9. The maximum absolute atomic E-state index is 12.5. The van der Waals surface area contributed by atoms with E-state index in [9.17, 15) is 4.79 Å². The van der Waals surface area contributed by atoms with Gasteiger partial charge in [-0.1, -0.05) is 41.9 Å². The van der Waals surface area contributed by atoms with Crippen LogP contribution in [-0.4, -0.2) is 17.9 Å². The van der Waals surface area contributed by atoms with Gasteiger partial charge in [-0.2, -0.15) is 0 Å². The fourth-order valence-corrected chi connectivity index (χ4v) is 3.18. The molecular weight excluding hydrogens is 390 g/mol. The monoisotopic (exact) mass is 409 g/mol. The van der Waals surface area contributed by atoms with Crippen molar-refractivity contribution in [1.82, 2.24) is 0 Å². The van der Waals surface area contributed by atoms with E-state index in [1.807, 2.05) is 24.5 Å². The average Bonchev–Trinajstić information content (AvgIpc) is 2.74.